The molecule has 3 rings (SSSR count). The fourth-order valence-electron chi connectivity index (χ4n) is 2.99. The number of furan rings is 1. The molecule has 0 radical (unpaired) electrons. The normalized spacial score (nSPS) is 28.7. The number of nitrogens with zero attached hydrogens (tertiary/aromatic N) is 2. The van der Waals surface area contributed by atoms with Gasteiger partial charge in [-0.05, 0) is 18.9 Å². The van der Waals surface area contributed by atoms with Crippen molar-refractivity contribution in [1.29, 1.82) is 0 Å². The molecule has 0 N–H and O–H groups in total. The predicted molar refractivity (Wildman–Crippen MR) is 66.8 cm³/mol. The largest absolute Gasteiger partial charge is 0.471 e. The molecule has 2 saturated heterocycles. The lowest BCUT2D eigenvalue weighted by molar-refractivity contribution is -0.130. The summed E-state index contributed by atoms with van der Waals surface area (Å²) in [6.45, 7) is 0.465. The molecule has 0 spiro atoms. The van der Waals surface area contributed by atoms with Gasteiger partial charge in [-0.1, -0.05) is 0 Å². The van der Waals surface area contributed by atoms with Crippen LogP contribution in [-0.4, -0.2) is 49.2 Å². The van der Waals surface area contributed by atoms with E-state index in [1.54, 1.807) is 11.9 Å². The zero-order chi connectivity index (χ0) is 13.6. The summed E-state index contributed by atoms with van der Waals surface area (Å²) in [5.74, 6) is 0.0135. The van der Waals surface area contributed by atoms with Gasteiger partial charge in [0, 0.05) is 32.1 Å². The van der Waals surface area contributed by atoms with Gasteiger partial charge in [-0.2, -0.15) is 4.31 Å². The van der Waals surface area contributed by atoms with Crippen molar-refractivity contribution in [3.63, 3.8) is 0 Å². The number of amides is 1. The smallest absolute Gasteiger partial charge is 0.246 e. The number of fused-ring (bicyclic) bond motifs is 2. The van der Waals surface area contributed by atoms with Crippen molar-refractivity contribution >= 4 is 15.9 Å². The maximum atomic E-state index is 12.6. The Bertz CT molecular complexity index is 581. The zero-order valence-corrected chi connectivity index (χ0v) is 11.5. The SMILES string of the molecule is CN1CC2CC[C@H](CC1=O)N2S(=O)(=O)c1ccoc1. The summed E-state index contributed by atoms with van der Waals surface area (Å²) in [6, 6.07) is 1.11. The predicted octanol–water partition coefficient (Wildman–Crippen LogP) is 0.663. The van der Waals surface area contributed by atoms with E-state index < -0.39 is 10.0 Å². The lowest BCUT2D eigenvalue weighted by atomic mass is 10.1. The number of hydrogen-bond acceptors (Lipinski definition) is 4. The number of rotatable bonds is 2. The first-order valence-electron chi connectivity index (χ1n) is 6.30. The van der Waals surface area contributed by atoms with Gasteiger partial charge in [0.05, 0.1) is 6.26 Å². The summed E-state index contributed by atoms with van der Waals surface area (Å²) in [7, 11) is -1.84. The number of likely N-dealkylation sites (tertiary alicyclic amines) is 1. The molecule has 104 valence electrons. The highest BCUT2D eigenvalue weighted by Crippen LogP contribution is 2.35. The highest BCUT2D eigenvalue weighted by molar-refractivity contribution is 7.89. The van der Waals surface area contributed by atoms with Gasteiger partial charge in [-0.25, -0.2) is 8.42 Å². The molecule has 2 aliphatic rings. The Kier molecular flexibility index (Phi) is 2.90. The van der Waals surface area contributed by atoms with Gasteiger partial charge < -0.3 is 9.32 Å². The number of carbonyl (C=O) groups is 1. The first kappa shape index (κ1) is 12.7. The average Bonchev–Trinajstić information content (AvgIpc) is 2.96. The Balaban J connectivity index is 1.99. The van der Waals surface area contributed by atoms with Gasteiger partial charge in [0.25, 0.3) is 0 Å². The van der Waals surface area contributed by atoms with Crippen LogP contribution in [0.5, 0.6) is 0 Å². The zero-order valence-electron chi connectivity index (χ0n) is 10.7. The van der Waals surface area contributed by atoms with Crippen molar-refractivity contribution in [2.45, 2.75) is 36.2 Å². The summed E-state index contributed by atoms with van der Waals surface area (Å²) in [4.78, 5) is 13.6. The van der Waals surface area contributed by atoms with Gasteiger partial charge in [0.15, 0.2) is 0 Å². The lowest BCUT2D eigenvalue weighted by Crippen LogP contribution is -2.42. The Hall–Kier alpha value is -1.34. The van der Waals surface area contributed by atoms with Crippen molar-refractivity contribution in [2.24, 2.45) is 0 Å². The summed E-state index contributed by atoms with van der Waals surface area (Å²) in [5.41, 5.74) is 0. The van der Waals surface area contributed by atoms with Gasteiger partial charge in [-0.15, -0.1) is 0 Å². The van der Waals surface area contributed by atoms with Crippen molar-refractivity contribution < 1.29 is 17.6 Å². The minimum atomic E-state index is -3.56. The molecule has 7 heteroatoms. The van der Waals surface area contributed by atoms with E-state index in [2.05, 4.69) is 0 Å². The molecule has 0 aromatic carbocycles. The number of sulfonamides is 1. The Morgan fingerprint density at radius 1 is 1.32 bits per heavy atom. The molecule has 1 unspecified atom stereocenters. The van der Waals surface area contributed by atoms with E-state index in [1.807, 2.05) is 0 Å². The molecule has 2 aliphatic heterocycles. The van der Waals surface area contributed by atoms with Crippen LogP contribution in [0.15, 0.2) is 27.9 Å². The molecule has 2 atom stereocenters. The molecule has 2 bridgehead atoms. The molecular weight excluding hydrogens is 268 g/mol. The number of hydrogen-bond donors (Lipinski definition) is 0. The van der Waals surface area contributed by atoms with Crippen LogP contribution in [0.1, 0.15) is 19.3 Å². The summed E-state index contributed by atoms with van der Waals surface area (Å²) < 4.78 is 31.6. The molecule has 1 aromatic heterocycles. The minimum absolute atomic E-state index is 0.0135. The molecule has 3 heterocycles. The molecule has 1 amide bonds. The highest BCUT2D eigenvalue weighted by atomic mass is 32.2. The monoisotopic (exact) mass is 284 g/mol. The van der Waals surface area contributed by atoms with E-state index in [-0.39, 0.29) is 29.3 Å². The summed E-state index contributed by atoms with van der Waals surface area (Å²) >= 11 is 0. The van der Waals surface area contributed by atoms with Gasteiger partial charge in [0.2, 0.25) is 15.9 Å². The minimum Gasteiger partial charge on any atom is -0.471 e. The lowest BCUT2D eigenvalue weighted by Gasteiger charge is -2.26. The number of carbonyl (C=O) groups excluding carboxylic acids is 1. The van der Waals surface area contributed by atoms with E-state index in [4.69, 9.17) is 4.42 Å². The second-order valence-corrected chi connectivity index (χ2v) is 7.00. The van der Waals surface area contributed by atoms with Crippen LogP contribution < -0.4 is 0 Å². The maximum absolute atomic E-state index is 12.6. The van der Waals surface area contributed by atoms with Crippen LogP contribution in [0.3, 0.4) is 0 Å². The van der Waals surface area contributed by atoms with E-state index in [9.17, 15) is 13.2 Å². The third-order valence-electron chi connectivity index (χ3n) is 3.94. The van der Waals surface area contributed by atoms with Gasteiger partial charge in [-0.3, -0.25) is 4.79 Å². The molecule has 0 saturated carbocycles. The van der Waals surface area contributed by atoms with Crippen LogP contribution >= 0.6 is 0 Å². The Morgan fingerprint density at radius 3 is 2.74 bits per heavy atom. The average molecular weight is 284 g/mol. The number of likely N-dealkylation sites (N-methyl/N-ethyl adjacent to an activating group) is 1. The second kappa shape index (κ2) is 4.35. The Morgan fingerprint density at radius 2 is 2.05 bits per heavy atom. The Labute approximate surface area is 112 Å². The van der Waals surface area contributed by atoms with Crippen LogP contribution in [0.25, 0.3) is 0 Å². The fourth-order valence-corrected chi connectivity index (χ4v) is 4.77. The van der Waals surface area contributed by atoms with Crippen LogP contribution in [0.2, 0.25) is 0 Å². The van der Waals surface area contributed by atoms with Crippen molar-refractivity contribution in [1.82, 2.24) is 9.21 Å². The third-order valence-corrected chi connectivity index (χ3v) is 5.92. The quantitative estimate of drug-likeness (QED) is 0.800. The summed E-state index contributed by atoms with van der Waals surface area (Å²) in [6.07, 6.45) is 4.42. The molecule has 0 aliphatic carbocycles. The maximum Gasteiger partial charge on any atom is 0.246 e. The van der Waals surface area contributed by atoms with E-state index in [1.165, 1.54) is 22.9 Å². The van der Waals surface area contributed by atoms with Gasteiger partial charge >= 0.3 is 0 Å². The highest BCUT2D eigenvalue weighted by Gasteiger charge is 2.46. The summed E-state index contributed by atoms with van der Waals surface area (Å²) in [5, 5.41) is 0. The fraction of sp³-hybridized carbons (Fsp3) is 0.583. The molecular formula is C12H16N2O4S. The standard InChI is InChI=1S/C12H16N2O4S/c1-13-7-10-3-2-9(6-12(13)15)14(10)19(16,17)11-4-5-18-8-11/h4-5,8-10H,2-3,6-7H2,1H3/t9-,10?/m1/s1. The van der Waals surface area contributed by atoms with Crippen molar-refractivity contribution in [3.05, 3.63) is 18.6 Å². The third kappa shape index (κ3) is 1.97. The van der Waals surface area contributed by atoms with E-state index in [0.717, 1.165) is 12.8 Å². The van der Waals surface area contributed by atoms with Crippen molar-refractivity contribution in [3.8, 4) is 0 Å². The van der Waals surface area contributed by atoms with Crippen LogP contribution in [0.4, 0.5) is 0 Å². The second-order valence-electron chi connectivity index (χ2n) is 5.16. The first-order chi connectivity index (χ1) is 9.00. The van der Waals surface area contributed by atoms with Gasteiger partial charge in [0.1, 0.15) is 11.2 Å². The first-order valence-corrected chi connectivity index (χ1v) is 7.74. The van der Waals surface area contributed by atoms with Crippen LogP contribution in [-0.2, 0) is 14.8 Å². The van der Waals surface area contributed by atoms with E-state index >= 15 is 0 Å². The van der Waals surface area contributed by atoms with E-state index in [0.29, 0.717) is 6.54 Å². The molecule has 19 heavy (non-hydrogen) atoms. The molecule has 1 aromatic rings. The molecule has 6 nitrogen and oxygen atoms in total. The molecule has 2 fully saturated rings. The van der Waals surface area contributed by atoms with Crippen molar-refractivity contribution in [2.75, 3.05) is 13.6 Å². The topological polar surface area (TPSA) is 70.8 Å². The van der Waals surface area contributed by atoms with Crippen LogP contribution in [0, 0.1) is 0 Å².